The molecule has 1 aromatic rings. The van der Waals surface area contributed by atoms with Crippen molar-refractivity contribution >= 4 is 23.4 Å². The molecule has 1 heterocycles. The largest absolute Gasteiger partial charge is 0.422 e. The molecular weight excluding hydrogens is 337 g/mol. The molecule has 0 saturated carbocycles. The average Bonchev–Trinajstić information content (AvgIpc) is 2.44. The van der Waals surface area contributed by atoms with Gasteiger partial charge in [-0.1, -0.05) is 13.0 Å². The average molecular weight is 353 g/mol. The molecule has 134 valence electrons. The molecule has 1 fully saturated rings. The first-order valence-corrected chi connectivity index (χ1v) is 7.44. The molecule has 25 heavy (non-hydrogen) atoms. The second-order valence-corrected chi connectivity index (χ2v) is 6.23. The summed E-state index contributed by atoms with van der Waals surface area (Å²) in [6.45, 7) is 4.20. The van der Waals surface area contributed by atoms with Gasteiger partial charge in [0, 0.05) is 25.8 Å². The second-order valence-electron chi connectivity index (χ2n) is 6.23. The molecule has 1 atom stereocenters. The number of hydrogen-bond acceptors (Lipinski definition) is 7. The minimum absolute atomic E-state index is 0.00575. The molecule has 0 amide bonds. The van der Waals surface area contributed by atoms with Gasteiger partial charge in [0.2, 0.25) is 11.7 Å². The molecule has 0 N–H and O–H groups in total. The zero-order valence-corrected chi connectivity index (χ0v) is 13.8. The Kier molecular flexibility index (Phi) is 4.87. The van der Waals surface area contributed by atoms with E-state index in [0.29, 0.717) is 5.56 Å². The number of nitro benzene ring substituents is 1. The molecule has 0 spiro atoms. The van der Waals surface area contributed by atoms with Crippen LogP contribution in [0.4, 0.5) is 10.1 Å². The van der Waals surface area contributed by atoms with E-state index >= 15 is 0 Å². The number of benzene rings is 1. The number of rotatable bonds is 5. The van der Waals surface area contributed by atoms with Crippen LogP contribution in [-0.2, 0) is 30.3 Å². The first-order valence-electron chi connectivity index (χ1n) is 7.44. The number of cyclic esters (lactones) is 2. The molecule has 1 saturated heterocycles. The highest BCUT2D eigenvalue weighted by Crippen LogP contribution is 2.27. The van der Waals surface area contributed by atoms with Gasteiger partial charge in [-0.05, 0) is 18.1 Å². The van der Waals surface area contributed by atoms with Gasteiger partial charge < -0.3 is 9.47 Å². The second kappa shape index (κ2) is 6.58. The molecule has 0 bridgehead atoms. The van der Waals surface area contributed by atoms with E-state index in [1.807, 2.05) is 0 Å². The zero-order chi connectivity index (χ0) is 18.9. The molecule has 1 aromatic carbocycles. The third-order valence-electron chi connectivity index (χ3n) is 3.69. The van der Waals surface area contributed by atoms with Crippen LogP contribution in [-0.4, -0.2) is 28.4 Å². The van der Waals surface area contributed by atoms with Crippen molar-refractivity contribution in [2.75, 3.05) is 0 Å². The molecule has 1 aliphatic rings. The maximum absolute atomic E-state index is 13.6. The maximum Gasteiger partial charge on any atom is 0.331 e. The smallest absolute Gasteiger partial charge is 0.331 e. The van der Waals surface area contributed by atoms with E-state index < -0.39 is 51.8 Å². The Morgan fingerprint density at radius 3 is 2.36 bits per heavy atom. The van der Waals surface area contributed by atoms with Crippen molar-refractivity contribution in [3.63, 3.8) is 0 Å². The van der Waals surface area contributed by atoms with Gasteiger partial charge in [0.05, 0.1) is 4.92 Å². The summed E-state index contributed by atoms with van der Waals surface area (Å²) in [5, 5.41) is 10.6. The fraction of sp³-hybridized carbons (Fsp3) is 0.438. The van der Waals surface area contributed by atoms with Gasteiger partial charge in [-0.15, -0.1) is 0 Å². The van der Waals surface area contributed by atoms with Crippen LogP contribution in [0.25, 0.3) is 0 Å². The van der Waals surface area contributed by atoms with Crippen molar-refractivity contribution in [3.8, 4) is 0 Å². The van der Waals surface area contributed by atoms with Crippen molar-refractivity contribution in [2.24, 2.45) is 11.8 Å². The van der Waals surface area contributed by atoms with Crippen LogP contribution in [0.3, 0.4) is 0 Å². The predicted molar refractivity (Wildman–Crippen MR) is 80.7 cm³/mol. The van der Waals surface area contributed by atoms with E-state index in [-0.39, 0.29) is 6.42 Å². The number of carbonyl (C=O) groups is 3. The van der Waals surface area contributed by atoms with Crippen molar-refractivity contribution in [1.82, 2.24) is 0 Å². The van der Waals surface area contributed by atoms with Crippen LogP contribution in [0, 0.1) is 27.8 Å². The minimum atomic E-state index is -1.69. The zero-order valence-electron chi connectivity index (χ0n) is 13.8. The number of nitro groups is 1. The molecule has 0 radical (unpaired) electrons. The number of halogens is 1. The van der Waals surface area contributed by atoms with Crippen LogP contribution >= 0.6 is 0 Å². The molecular formula is C16H16FNO7. The van der Waals surface area contributed by atoms with Crippen molar-refractivity contribution in [2.45, 2.75) is 33.0 Å². The molecule has 1 unspecified atom stereocenters. The van der Waals surface area contributed by atoms with E-state index in [0.717, 1.165) is 12.1 Å². The SMILES string of the molecule is CC(Cc1ccc([N+](=O)[O-])c(F)c1)C(=O)C1C(=O)OC(C)(C)OC1=O. The lowest BCUT2D eigenvalue weighted by Crippen LogP contribution is -2.50. The van der Waals surface area contributed by atoms with Crippen LogP contribution in [0.2, 0.25) is 0 Å². The topological polar surface area (TPSA) is 113 Å². The third kappa shape index (κ3) is 3.98. The van der Waals surface area contributed by atoms with Crippen molar-refractivity contribution < 1.29 is 33.2 Å². The Labute approximate surface area is 142 Å². The summed E-state index contributed by atoms with van der Waals surface area (Å²) < 4.78 is 23.4. The summed E-state index contributed by atoms with van der Waals surface area (Å²) in [6.07, 6.45) is -0.00575. The van der Waals surface area contributed by atoms with Crippen molar-refractivity contribution in [1.29, 1.82) is 0 Å². The molecule has 2 rings (SSSR count). The molecule has 0 aromatic heterocycles. The lowest BCUT2D eigenvalue weighted by atomic mass is 9.88. The highest BCUT2D eigenvalue weighted by Gasteiger charge is 2.48. The molecule has 0 aliphatic carbocycles. The number of Topliss-reactive ketones (excluding diaryl/α,β-unsaturated/α-hetero) is 1. The van der Waals surface area contributed by atoms with E-state index in [1.54, 1.807) is 0 Å². The normalized spacial score (nSPS) is 18.2. The van der Waals surface area contributed by atoms with Crippen molar-refractivity contribution in [3.05, 3.63) is 39.7 Å². The molecule has 1 aliphatic heterocycles. The summed E-state index contributed by atoms with van der Waals surface area (Å²) in [6, 6.07) is 3.25. The predicted octanol–water partition coefficient (Wildman–Crippen LogP) is 1.93. The van der Waals surface area contributed by atoms with Crippen LogP contribution in [0.15, 0.2) is 18.2 Å². The number of carbonyl (C=O) groups excluding carboxylic acids is 3. The first-order chi connectivity index (χ1) is 11.5. The van der Waals surface area contributed by atoms with E-state index in [4.69, 9.17) is 9.47 Å². The first kappa shape index (κ1) is 18.5. The summed E-state index contributed by atoms with van der Waals surface area (Å²) >= 11 is 0. The van der Waals surface area contributed by atoms with Gasteiger partial charge in [0.1, 0.15) is 0 Å². The summed E-state index contributed by atoms with van der Waals surface area (Å²) in [5.41, 5.74) is -0.355. The molecule has 8 nitrogen and oxygen atoms in total. The molecule has 9 heteroatoms. The number of nitrogens with zero attached hydrogens (tertiary/aromatic N) is 1. The third-order valence-corrected chi connectivity index (χ3v) is 3.69. The minimum Gasteiger partial charge on any atom is -0.422 e. The fourth-order valence-corrected chi connectivity index (χ4v) is 2.52. The van der Waals surface area contributed by atoms with Gasteiger partial charge in [0.15, 0.2) is 5.78 Å². The number of hydrogen-bond donors (Lipinski definition) is 0. The summed E-state index contributed by atoms with van der Waals surface area (Å²) in [4.78, 5) is 46.0. The highest BCUT2D eigenvalue weighted by molar-refractivity contribution is 6.16. The lowest BCUT2D eigenvalue weighted by molar-refractivity contribution is -0.387. The Morgan fingerprint density at radius 2 is 1.88 bits per heavy atom. The number of ketones is 1. The Hall–Kier alpha value is -2.84. The van der Waals surface area contributed by atoms with E-state index in [9.17, 15) is 28.9 Å². The van der Waals surface area contributed by atoms with Crippen LogP contribution in [0.5, 0.6) is 0 Å². The van der Waals surface area contributed by atoms with Crippen LogP contribution in [0.1, 0.15) is 26.3 Å². The van der Waals surface area contributed by atoms with Gasteiger partial charge in [-0.3, -0.25) is 24.5 Å². The van der Waals surface area contributed by atoms with Gasteiger partial charge >= 0.3 is 17.6 Å². The Balaban J connectivity index is 2.13. The fourth-order valence-electron chi connectivity index (χ4n) is 2.52. The monoisotopic (exact) mass is 353 g/mol. The Bertz CT molecular complexity index is 739. The Morgan fingerprint density at radius 1 is 1.32 bits per heavy atom. The van der Waals surface area contributed by atoms with E-state index in [1.165, 1.54) is 26.8 Å². The van der Waals surface area contributed by atoms with E-state index in [2.05, 4.69) is 0 Å². The summed E-state index contributed by atoms with van der Waals surface area (Å²) in [7, 11) is 0. The lowest BCUT2D eigenvalue weighted by Gasteiger charge is -2.33. The highest BCUT2D eigenvalue weighted by atomic mass is 19.1. The quantitative estimate of drug-likeness (QED) is 0.344. The number of ether oxygens (including phenoxy) is 2. The van der Waals surface area contributed by atoms with Gasteiger partial charge in [-0.25, -0.2) is 0 Å². The number of esters is 2. The van der Waals surface area contributed by atoms with Gasteiger partial charge in [-0.2, -0.15) is 4.39 Å². The standard InChI is InChI=1S/C16H16FNO7/c1-8(6-9-4-5-11(18(22)23)10(17)7-9)13(19)12-14(20)24-16(2,3)25-15(12)21/h4-5,7-8,12H,6H2,1-3H3. The summed E-state index contributed by atoms with van der Waals surface area (Å²) in [5.74, 6) is -7.68. The van der Waals surface area contributed by atoms with Crippen LogP contribution < -0.4 is 0 Å². The maximum atomic E-state index is 13.6. The van der Waals surface area contributed by atoms with Gasteiger partial charge in [0.25, 0.3) is 5.79 Å².